The lowest BCUT2D eigenvalue weighted by atomic mass is 9.93. The molecule has 0 spiro atoms. The number of benzene rings is 4. The van der Waals surface area contributed by atoms with E-state index in [0.717, 1.165) is 47.8 Å². The number of carbonyl (C=O) groups excluding carboxylic acids is 5. The molecule has 3 heterocycles. The summed E-state index contributed by atoms with van der Waals surface area (Å²) in [4.78, 5) is 83.5. The highest BCUT2D eigenvalue weighted by Crippen LogP contribution is 2.33. The molecule has 17 heteroatoms. The lowest BCUT2D eigenvalue weighted by molar-refractivity contribution is -0.146. The number of carbonyl (C=O) groups is 5. The van der Waals surface area contributed by atoms with Crippen molar-refractivity contribution in [2.24, 2.45) is 13.0 Å². The van der Waals surface area contributed by atoms with Crippen molar-refractivity contribution in [1.82, 2.24) is 39.8 Å². The van der Waals surface area contributed by atoms with Crippen LogP contribution in [0.5, 0.6) is 11.5 Å². The van der Waals surface area contributed by atoms with E-state index in [9.17, 15) is 24.0 Å². The number of likely N-dealkylation sites (N-methyl/N-ethyl adjacent to an activating group) is 2. The van der Waals surface area contributed by atoms with Crippen LogP contribution in [0, 0.1) is 5.92 Å². The van der Waals surface area contributed by atoms with Gasteiger partial charge in [-0.15, -0.1) is 0 Å². The van der Waals surface area contributed by atoms with E-state index in [2.05, 4.69) is 20.1 Å². The molecule has 2 aliphatic rings. The summed E-state index contributed by atoms with van der Waals surface area (Å²) >= 11 is 12.8. The molecule has 5 aromatic rings. The summed E-state index contributed by atoms with van der Waals surface area (Å²) in [6.45, 7) is 4.52. The van der Waals surface area contributed by atoms with Crippen LogP contribution in [0.1, 0.15) is 55.1 Å². The van der Waals surface area contributed by atoms with Gasteiger partial charge in [0.25, 0.3) is 0 Å². The first-order chi connectivity index (χ1) is 34.2. The Bertz CT molecular complexity index is 2620. The number of ether oxygens (including phenoxy) is 2. The minimum Gasteiger partial charge on any atom is -0.457 e. The molecule has 5 amide bonds. The Morgan fingerprint density at radius 2 is 1.45 bits per heavy atom. The molecule has 376 valence electrons. The molecular weight excluding hydrogens is 944 g/mol. The largest absolute Gasteiger partial charge is 0.457 e. The summed E-state index contributed by atoms with van der Waals surface area (Å²) in [7, 11) is 6.67. The van der Waals surface area contributed by atoms with Crippen molar-refractivity contribution in [2.45, 2.75) is 76.7 Å². The van der Waals surface area contributed by atoms with Crippen LogP contribution < -0.4 is 15.4 Å². The second-order valence-corrected chi connectivity index (χ2v) is 19.4. The highest BCUT2D eigenvalue weighted by molar-refractivity contribution is 6.31. The van der Waals surface area contributed by atoms with Gasteiger partial charge in [-0.2, -0.15) is 0 Å². The van der Waals surface area contributed by atoms with E-state index in [-0.39, 0.29) is 57.3 Å². The van der Waals surface area contributed by atoms with Crippen LogP contribution in [-0.4, -0.2) is 131 Å². The van der Waals surface area contributed by atoms with Gasteiger partial charge in [0.05, 0.1) is 37.5 Å². The molecular formula is C54H64Cl2N8O7. The summed E-state index contributed by atoms with van der Waals surface area (Å²) in [5.74, 6) is -1.19. The van der Waals surface area contributed by atoms with Crippen LogP contribution in [0.3, 0.4) is 0 Å². The topological polar surface area (TPSA) is 159 Å². The number of nitrogens with one attached hydrogen (secondary N) is 2. The number of amides is 5. The zero-order chi connectivity index (χ0) is 50.6. The minimum atomic E-state index is -1.19. The third-order valence-electron chi connectivity index (χ3n) is 13.5. The number of imidazole rings is 1. The summed E-state index contributed by atoms with van der Waals surface area (Å²) in [5.41, 5.74) is 4.16. The first-order valence-electron chi connectivity index (χ1n) is 24.1. The van der Waals surface area contributed by atoms with E-state index < -0.39 is 41.8 Å². The van der Waals surface area contributed by atoms with Gasteiger partial charge >= 0.3 is 0 Å². The van der Waals surface area contributed by atoms with Crippen molar-refractivity contribution in [3.8, 4) is 22.8 Å². The van der Waals surface area contributed by atoms with Crippen molar-refractivity contribution in [2.75, 3.05) is 54.0 Å². The maximum absolute atomic E-state index is 15.0. The number of aromatic nitrogens is 2. The normalized spacial score (nSPS) is 20.4. The Hall–Kier alpha value is -6.26. The van der Waals surface area contributed by atoms with Crippen LogP contribution in [0.25, 0.3) is 11.3 Å². The SMILES string of the molecule is COCC1NC(=O)C(C)N(Cc2ccc(Cl)cc2Oc2ccc(-c3cnc(CN4CCCC4)n3C)cc2)C(=O)C[C@@H](Cc2ccccc2)C(=O)N(C)CCNC(=O)CC(Cc2ccc(Cl)cc2)N(C)C1=O. The van der Waals surface area contributed by atoms with Gasteiger partial charge in [-0.3, -0.25) is 28.9 Å². The third kappa shape index (κ3) is 14.0. The molecule has 3 unspecified atom stereocenters. The van der Waals surface area contributed by atoms with Crippen LogP contribution in [0.2, 0.25) is 10.0 Å². The van der Waals surface area contributed by atoms with E-state index in [1.54, 1.807) is 51.4 Å². The van der Waals surface area contributed by atoms with Gasteiger partial charge in [-0.05, 0) is 105 Å². The van der Waals surface area contributed by atoms with Crippen LogP contribution in [-0.2, 0) is 61.7 Å². The number of halogens is 2. The quantitative estimate of drug-likeness (QED) is 0.128. The molecule has 0 saturated carbocycles. The number of rotatable bonds is 13. The Kier molecular flexibility index (Phi) is 18.3. The number of likely N-dealkylation sites (tertiary alicyclic amines) is 1. The summed E-state index contributed by atoms with van der Waals surface area (Å²) < 4.78 is 14.1. The number of methoxy groups -OCH3 is 1. The van der Waals surface area contributed by atoms with Gasteiger partial charge < -0.3 is 39.4 Å². The van der Waals surface area contributed by atoms with Crippen LogP contribution in [0.15, 0.2) is 103 Å². The fraction of sp³-hybridized carbons (Fsp3) is 0.407. The van der Waals surface area contributed by atoms with E-state index in [1.165, 1.54) is 34.7 Å². The van der Waals surface area contributed by atoms with Crippen molar-refractivity contribution in [3.63, 3.8) is 0 Å². The molecule has 1 aromatic heterocycles. The fourth-order valence-electron chi connectivity index (χ4n) is 9.19. The number of hydrogen-bond donors (Lipinski definition) is 2. The average Bonchev–Trinajstić information content (AvgIpc) is 4.02. The predicted octanol–water partition coefficient (Wildman–Crippen LogP) is 6.93. The van der Waals surface area contributed by atoms with Gasteiger partial charge in [0.15, 0.2) is 0 Å². The molecule has 4 atom stereocenters. The first-order valence-corrected chi connectivity index (χ1v) is 24.9. The summed E-state index contributed by atoms with van der Waals surface area (Å²) in [6, 6.07) is 26.3. The monoisotopic (exact) mass is 1010 g/mol. The predicted molar refractivity (Wildman–Crippen MR) is 274 cm³/mol. The van der Waals surface area contributed by atoms with Gasteiger partial charge in [-0.25, -0.2) is 4.98 Å². The zero-order valence-electron chi connectivity index (χ0n) is 41.1. The van der Waals surface area contributed by atoms with Crippen molar-refractivity contribution in [1.29, 1.82) is 0 Å². The van der Waals surface area contributed by atoms with Gasteiger partial charge in [-0.1, -0.05) is 71.7 Å². The van der Waals surface area contributed by atoms with Gasteiger partial charge in [0.2, 0.25) is 29.5 Å². The molecule has 15 nitrogen and oxygen atoms in total. The van der Waals surface area contributed by atoms with Crippen molar-refractivity contribution >= 4 is 52.7 Å². The van der Waals surface area contributed by atoms with Crippen LogP contribution in [0.4, 0.5) is 0 Å². The highest BCUT2D eigenvalue weighted by Gasteiger charge is 2.36. The Morgan fingerprint density at radius 1 is 0.761 bits per heavy atom. The molecule has 4 aromatic carbocycles. The second-order valence-electron chi connectivity index (χ2n) is 18.5. The van der Waals surface area contributed by atoms with E-state index in [1.807, 2.05) is 80.0 Å². The van der Waals surface area contributed by atoms with E-state index in [4.69, 9.17) is 37.7 Å². The summed E-state index contributed by atoms with van der Waals surface area (Å²) in [6.07, 6.45) is 4.52. The lowest BCUT2D eigenvalue weighted by Crippen LogP contribution is -2.57. The lowest BCUT2D eigenvalue weighted by Gasteiger charge is -2.34. The minimum absolute atomic E-state index is 0.0642. The fourth-order valence-corrected chi connectivity index (χ4v) is 9.48. The Morgan fingerprint density at radius 3 is 2.15 bits per heavy atom. The van der Waals surface area contributed by atoms with Gasteiger partial charge in [0, 0.05) is 81.4 Å². The molecule has 2 saturated heterocycles. The molecule has 0 radical (unpaired) electrons. The van der Waals surface area contributed by atoms with Gasteiger partial charge in [0.1, 0.15) is 29.4 Å². The molecule has 7 rings (SSSR count). The van der Waals surface area contributed by atoms with Crippen molar-refractivity contribution in [3.05, 3.63) is 136 Å². The second kappa shape index (κ2) is 24.7. The molecule has 0 bridgehead atoms. The molecule has 0 aliphatic carbocycles. The maximum Gasteiger partial charge on any atom is 0.247 e. The molecule has 2 fully saturated rings. The number of nitrogens with zero attached hydrogens (tertiary/aromatic N) is 6. The van der Waals surface area contributed by atoms with Crippen molar-refractivity contribution < 1.29 is 33.4 Å². The zero-order valence-corrected chi connectivity index (χ0v) is 42.6. The number of hydrogen-bond acceptors (Lipinski definition) is 9. The summed E-state index contributed by atoms with van der Waals surface area (Å²) in [5, 5.41) is 6.72. The van der Waals surface area contributed by atoms with Crippen LogP contribution >= 0.6 is 23.2 Å². The maximum atomic E-state index is 15.0. The smallest absolute Gasteiger partial charge is 0.247 e. The molecule has 2 aliphatic heterocycles. The Labute approximate surface area is 426 Å². The standard InChI is InChI=1S/C54H64Cl2N8O7/c1-36-52(67)59-46(35-70-5)54(69)61(3)44(28-38-13-18-42(55)19-14-38)31-50(65)57-23-26-60(2)53(68)41(27-37-11-7-6-8-12-37)29-51(66)64(36)33-40-15-20-43(56)30-48(40)71-45-21-16-39(17-22-45)47-32-58-49(62(47)4)34-63-24-9-10-25-63/h6-8,11-22,30,32,36,41,44,46H,9-10,23-29,31,33-35H2,1-5H3,(H,57,65)(H,59,67)/t36?,41-,44?,46?/m1/s1. The Balaban J connectivity index is 1.19. The third-order valence-corrected chi connectivity index (χ3v) is 13.9. The van der Waals surface area contributed by atoms with E-state index >= 15 is 0 Å². The first kappa shape index (κ1) is 52.6. The van der Waals surface area contributed by atoms with E-state index in [0.29, 0.717) is 33.5 Å². The highest BCUT2D eigenvalue weighted by atomic mass is 35.5. The molecule has 71 heavy (non-hydrogen) atoms. The average molecular weight is 1010 g/mol. The molecule has 2 N–H and O–H groups in total.